The Bertz CT molecular complexity index is 805. The Morgan fingerprint density at radius 1 is 1.00 bits per heavy atom. The van der Waals surface area contributed by atoms with Gasteiger partial charge in [-0.05, 0) is 42.4 Å². The van der Waals surface area contributed by atoms with Crippen LogP contribution in [0.2, 0.25) is 0 Å². The Morgan fingerprint density at radius 2 is 1.47 bits per heavy atom. The molecule has 0 aliphatic carbocycles. The predicted octanol–water partition coefficient (Wildman–Crippen LogP) is 4.10. The summed E-state index contributed by atoms with van der Waals surface area (Å²) in [5, 5.41) is 12.5. The number of halogens is 6. The van der Waals surface area contributed by atoms with Gasteiger partial charge in [0.1, 0.15) is 6.10 Å². The number of amides is 2. The molecule has 5 nitrogen and oxygen atoms in total. The lowest BCUT2D eigenvalue weighted by molar-refractivity contribution is -0.147. The quantitative estimate of drug-likeness (QED) is 0.654. The highest BCUT2D eigenvalue weighted by Gasteiger charge is 2.38. The number of aliphatic hydroxyl groups excluding tert-OH is 1. The summed E-state index contributed by atoms with van der Waals surface area (Å²) in [6, 6.07) is 0.745. The fourth-order valence-corrected chi connectivity index (χ4v) is 3.33. The van der Waals surface area contributed by atoms with Gasteiger partial charge in [0.05, 0.1) is 11.1 Å². The topological polar surface area (TPSA) is 69.6 Å². The Morgan fingerprint density at radius 3 is 1.88 bits per heavy atom. The first-order chi connectivity index (χ1) is 14.5. The molecule has 1 saturated heterocycles. The zero-order chi connectivity index (χ0) is 24.5. The van der Waals surface area contributed by atoms with Crippen LogP contribution in [0, 0.1) is 11.3 Å². The van der Waals surface area contributed by atoms with Gasteiger partial charge in [0, 0.05) is 25.2 Å². The molecule has 2 N–H and O–H groups in total. The van der Waals surface area contributed by atoms with Gasteiger partial charge in [0.15, 0.2) is 0 Å². The molecule has 0 radical (unpaired) electrons. The van der Waals surface area contributed by atoms with Crippen molar-refractivity contribution in [3.05, 3.63) is 34.9 Å². The van der Waals surface area contributed by atoms with Crippen LogP contribution in [0.5, 0.6) is 0 Å². The number of hydrogen-bond donors (Lipinski definition) is 2. The maximum Gasteiger partial charge on any atom is 0.416 e. The van der Waals surface area contributed by atoms with Gasteiger partial charge in [-0.2, -0.15) is 26.3 Å². The molecule has 1 aromatic carbocycles. The fraction of sp³-hybridized carbons (Fsp3) is 0.619. The van der Waals surface area contributed by atoms with Crippen LogP contribution in [0.25, 0.3) is 0 Å². The standard InChI is InChI=1S/C21H26F6N2O3/c1-19(2,3)16(30)18(32)29-6-4-12(5-7-29)11-28-17(31)13-8-14(20(22,23)24)10-15(9-13)21(25,26)27/h8-10,12,16,30H,4-7,11H2,1-3H3,(H,28,31). The lowest BCUT2D eigenvalue weighted by Crippen LogP contribution is -2.49. The number of hydrogen-bond acceptors (Lipinski definition) is 3. The minimum Gasteiger partial charge on any atom is -0.383 e. The van der Waals surface area contributed by atoms with Crippen molar-refractivity contribution in [3.63, 3.8) is 0 Å². The van der Waals surface area contributed by atoms with Crippen molar-refractivity contribution >= 4 is 11.8 Å². The van der Waals surface area contributed by atoms with Crippen molar-refractivity contribution in [2.75, 3.05) is 19.6 Å². The van der Waals surface area contributed by atoms with Crippen molar-refractivity contribution in [1.29, 1.82) is 0 Å². The molecule has 0 spiro atoms. The molecule has 0 bridgehead atoms. The Kier molecular flexibility index (Phi) is 7.53. The van der Waals surface area contributed by atoms with Gasteiger partial charge in [-0.25, -0.2) is 0 Å². The van der Waals surface area contributed by atoms with Crippen molar-refractivity contribution in [2.45, 2.75) is 52.1 Å². The van der Waals surface area contributed by atoms with E-state index in [-0.39, 0.29) is 18.5 Å². The molecule has 1 atom stereocenters. The van der Waals surface area contributed by atoms with Crippen LogP contribution in [0.3, 0.4) is 0 Å². The first-order valence-electron chi connectivity index (χ1n) is 10.0. The molecule has 0 saturated carbocycles. The van der Waals surface area contributed by atoms with Gasteiger partial charge in [-0.1, -0.05) is 20.8 Å². The average molecular weight is 468 g/mol. The van der Waals surface area contributed by atoms with Crippen LogP contribution in [0.1, 0.15) is 55.1 Å². The highest BCUT2D eigenvalue weighted by molar-refractivity contribution is 5.94. The molecule has 11 heteroatoms. The maximum atomic E-state index is 13.0. The van der Waals surface area contributed by atoms with Crippen LogP contribution in [0.4, 0.5) is 26.3 Å². The Balaban J connectivity index is 2.00. The summed E-state index contributed by atoms with van der Waals surface area (Å²) in [6.07, 6.45) is -10.3. The lowest BCUT2D eigenvalue weighted by Gasteiger charge is -2.36. The van der Waals surface area contributed by atoms with Gasteiger partial charge < -0.3 is 15.3 Å². The highest BCUT2D eigenvalue weighted by Crippen LogP contribution is 2.36. The van der Waals surface area contributed by atoms with E-state index in [0.717, 1.165) is 0 Å². The van der Waals surface area contributed by atoms with Gasteiger partial charge in [0.25, 0.3) is 11.8 Å². The minimum absolute atomic E-state index is 0.0322. The molecule has 1 aromatic rings. The second-order valence-electron chi connectivity index (χ2n) is 9.04. The molecule has 2 amide bonds. The van der Waals surface area contributed by atoms with E-state index < -0.39 is 52.4 Å². The summed E-state index contributed by atoms with van der Waals surface area (Å²) < 4.78 is 77.8. The number of carbonyl (C=O) groups excluding carboxylic acids is 2. The van der Waals surface area contributed by atoms with E-state index in [4.69, 9.17) is 0 Å². The number of rotatable bonds is 4. The molecule has 1 aliphatic rings. The van der Waals surface area contributed by atoms with E-state index in [1.54, 1.807) is 20.8 Å². The van der Waals surface area contributed by atoms with Gasteiger partial charge in [-0.15, -0.1) is 0 Å². The van der Waals surface area contributed by atoms with Crippen LogP contribution >= 0.6 is 0 Å². The van der Waals surface area contributed by atoms with Gasteiger partial charge in [-0.3, -0.25) is 9.59 Å². The predicted molar refractivity (Wildman–Crippen MR) is 104 cm³/mol. The minimum atomic E-state index is -5.03. The zero-order valence-corrected chi connectivity index (χ0v) is 17.9. The number of nitrogens with zero attached hydrogens (tertiary/aromatic N) is 1. The molecule has 1 unspecified atom stereocenters. The fourth-order valence-electron chi connectivity index (χ4n) is 3.33. The molecule has 1 fully saturated rings. The first kappa shape index (κ1) is 26.0. The maximum absolute atomic E-state index is 13.0. The molecular weight excluding hydrogens is 442 g/mol. The van der Waals surface area contributed by atoms with Gasteiger partial charge >= 0.3 is 12.4 Å². The van der Waals surface area contributed by atoms with E-state index in [1.165, 1.54) is 4.90 Å². The van der Waals surface area contributed by atoms with Crippen LogP contribution in [-0.4, -0.2) is 47.6 Å². The van der Waals surface area contributed by atoms with Crippen molar-refractivity contribution in [3.8, 4) is 0 Å². The van der Waals surface area contributed by atoms with E-state index in [1.807, 2.05) is 0 Å². The van der Waals surface area contributed by atoms with E-state index in [9.17, 15) is 41.0 Å². The number of nitrogens with one attached hydrogen (secondary N) is 1. The molecule has 32 heavy (non-hydrogen) atoms. The number of aliphatic hydroxyl groups is 1. The second kappa shape index (κ2) is 9.29. The Labute approximate surface area is 181 Å². The summed E-state index contributed by atoms with van der Waals surface area (Å²) in [5.41, 5.74) is -4.46. The number of benzene rings is 1. The van der Waals surface area contributed by atoms with Crippen molar-refractivity contribution in [1.82, 2.24) is 10.2 Å². The number of carbonyl (C=O) groups is 2. The molecule has 1 heterocycles. The van der Waals surface area contributed by atoms with Crippen LogP contribution < -0.4 is 5.32 Å². The summed E-state index contributed by atoms with van der Waals surface area (Å²) in [5.74, 6) is -1.55. The summed E-state index contributed by atoms with van der Waals surface area (Å²) in [6.45, 7) is 5.89. The summed E-state index contributed by atoms with van der Waals surface area (Å²) >= 11 is 0. The lowest BCUT2D eigenvalue weighted by atomic mass is 9.87. The molecular formula is C21H26F6N2O3. The van der Waals surface area contributed by atoms with Crippen LogP contribution in [0.15, 0.2) is 18.2 Å². The van der Waals surface area contributed by atoms with Crippen LogP contribution in [-0.2, 0) is 17.1 Å². The average Bonchev–Trinajstić information content (AvgIpc) is 2.69. The zero-order valence-electron chi connectivity index (χ0n) is 17.9. The largest absolute Gasteiger partial charge is 0.416 e. The summed E-state index contributed by atoms with van der Waals surface area (Å²) in [4.78, 5) is 26.1. The third-order valence-electron chi connectivity index (χ3n) is 5.38. The molecule has 0 aromatic heterocycles. The first-order valence-corrected chi connectivity index (χ1v) is 10.0. The normalized spacial score (nSPS) is 17.2. The molecule has 180 valence electrons. The number of alkyl halides is 6. The van der Waals surface area contributed by atoms with Crippen molar-refractivity contribution < 1.29 is 41.0 Å². The smallest absolute Gasteiger partial charge is 0.383 e. The second-order valence-corrected chi connectivity index (χ2v) is 9.04. The summed E-state index contributed by atoms with van der Waals surface area (Å²) in [7, 11) is 0. The van der Waals surface area contributed by atoms with E-state index >= 15 is 0 Å². The third kappa shape index (κ3) is 6.60. The van der Waals surface area contributed by atoms with E-state index in [2.05, 4.69) is 5.32 Å². The molecule has 2 rings (SSSR count). The van der Waals surface area contributed by atoms with Gasteiger partial charge in [0.2, 0.25) is 0 Å². The highest BCUT2D eigenvalue weighted by atomic mass is 19.4. The monoisotopic (exact) mass is 468 g/mol. The van der Waals surface area contributed by atoms with E-state index in [0.29, 0.717) is 38.1 Å². The number of piperidine rings is 1. The Hall–Kier alpha value is -2.30. The molecule has 1 aliphatic heterocycles. The third-order valence-corrected chi connectivity index (χ3v) is 5.38. The number of likely N-dealkylation sites (tertiary alicyclic amines) is 1. The van der Waals surface area contributed by atoms with Crippen molar-refractivity contribution in [2.24, 2.45) is 11.3 Å². The SMILES string of the molecule is CC(C)(C)C(O)C(=O)N1CCC(CNC(=O)c2cc(C(F)(F)F)cc(C(F)(F)F)c2)CC1.